The summed E-state index contributed by atoms with van der Waals surface area (Å²) in [4.78, 5) is 23.9. The molecule has 0 aliphatic heterocycles. The van der Waals surface area contributed by atoms with Crippen molar-refractivity contribution in [2.75, 3.05) is 53.2 Å². The summed E-state index contributed by atoms with van der Waals surface area (Å²) in [7, 11) is 1.65. The van der Waals surface area contributed by atoms with Crippen LogP contribution in [0.1, 0.15) is 70.3 Å². The summed E-state index contributed by atoms with van der Waals surface area (Å²) in [6.07, 6.45) is 2.34. The molecule has 0 aliphatic carbocycles. The van der Waals surface area contributed by atoms with E-state index in [2.05, 4.69) is 74.0 Å². The maximum atomic E-state index is 13.3. The number of methoxy groups -OCH3 is 1. The number of aromatic nitrogens is 3. The van der Waals surface area contributed by atoms with Crippen LogP contribution in [-0.2, 0) is 33.3 Å². The lowest BCUT2D eigenvalue weighted by Crippen LogP contribution is -2.23. The van der Waals surface area contributed by atoms with Crippen LogP contribution in [-0.4, -0.2) is 79.8 Å². The van der Waals surface area contributed by atoms with E-state index >= 15 is 0 Å². The minimum absolute atomic E-state index is 0.00594. The Hall–Kier alpha value is -4.30. The van der Waals surface area contributed by atoms with E-state index in [1.54, 1.807) is 11.7 Å². The van der Waals surface area contributed by atoms with E-state index in [1.807, 2.05) is 42.6 Å². The van der Waals surface area contributed by atoms with Gasteiger partial charge in [0.1, 0.15) is 24.2 Å². The van der Waals surface area contributed by atoms with Crippen molar-refractivity contribution in [1.29, 1.82) is 0 Å². The molecule has 0 bridgehead atoms. The Kier molecular flexibility index (Phi) is 16.3. The van der Waals surface area contributed by atoms with E-state index in [0.29, 0.717) is 37.8 Å². The highest BCUT2D eigenvalue weighted by Gasteiger charge is 2.18. The number of aromatic amines is 1. The van der Waals surface area contributed by atoms with Gasteiger partial charge in [0.15, 0.2) is 5.96 Å². The van der Waals surface area contributed by atoms with Gasteiger partial charge >= 0.3 is 5.69 Å². The predicted molar refractivity (Wildman–Crippen MR) is 208 cm³/mol. The lowest BCUT2D eigenvalue weighted by molar-refractivity contribution is 0.0722. The number of fused-ring (bicyclic) bond motifs is 1. The lowest BCUT2D eigenvalue weighted by Gasteiger charge is -2.22. The maximum Gasteiger partial charge on any atom is 0.354 e. The van der Waals surface area contributed by atoms with Gasteiger partial charge in [-0.25, -0.2) is 9.18 Å². The molecule has 2 aromatic carbocycles. The zero-order chi connectivity index (χ0) is 38.3. The van der Waals surface area contributed by atoms with E-state index in [9.17, 15) is 9.18 Å². The molecule has 0 saturated carbocycles. The van der Waals surface area contributed by atoms with Crippen molar-refractivity contribution in [2.24, 2.45) is 22.2 Å². The molecule has 286 valence electrons. The Morgan fingerprint density at radius 2 is 1.73 bits per heavy atom. The average molecular weight is 723 g/mol. The summed E-state index contributed by atoms with van der Waals surface area (Å²) in [5.41, 5.74) is 21.4. The molecule has 0 radical (unpaired) electrons. The number of hydrogen-bond acceptors (Lipinski definition) is 8. The Bertz CT molecular complexity index is 1750. The summed E-state index contributed by atoms with van der Waals surface area (Å²) in [6, 6.07) is 16.0. The lowest BCUT2D eigenvalue weighted by atomic mass is 9.85. The fourth-order valence-corrected chi connectivity index (χ4v) is 5.01. The van der Waals surface area contributed by atoms with Crippen LogP contribution in [0.15, 0.2) is 64.5 Å². The molecule has 0 aliphatic rings. The van der Waals surface area contributed by atoms with Crippen molar-refractivity contribution < 1.29 is 18.6 Å². The molecule has 0 spiro atoms. The van der Waals surface area contributed by atoms with Gasteiger partial charge in [0.05, 0.1) is 25.5 Å². The van der Waals surface area contributed by atoms with Gasteiger partial charge in [0, 0.05) is 49.4 Å². The molecular weight excluding hydrogens is 663 g/mol. The highest BCUT2D eigenvalue weighted by molar-refractivity contribution is 5.76. The van der Waals surface area contributed by atoms with Crippen LogP contribution >= 0.6 is 0 Å². The zero-order valence-electron chi connectivity index (χ0n) is 31.9. The normalized spacial score (nSPS) is 12.3. The van der Waals surface area contributed by atoms with Crippen molar-refractivity contribution in [2.45, 2.75) is 77.9 Å². The fourth-order valence-electron chi connectivity index (χ4n) is 5.01. The minimum Gasteiger partial charge on any atom is -0.490 e. The number of nitrogens with zero attached hydrogens (tertiary/aromatic N) is 3. The molecule has 13 heteroatoms. The number of rotatable bonds is 17. The number of benzene rings is 2. The fraction of sp³-hybridized carbons (Fsp3) is 0.513. The van der Waals surface area contributed by atoms with E-state index in [4.69, 9.17) is 31.4 Å². The van der Waals surface area contributed by atoms with Crippen LogP contribution in [0.3, 0.4) is 0 Å². The molecule has 2 aromatic heterocycles. The quantitative estimate of drug-likeness (QED) is 0.0590. The minimum atomic E-state index is -1.14. The Labute approximate surface area is 307 Å². The van der Waals surface area contributed by atoms with Gasteiger partial charge < -0.3 is 41.7 Å². The third-order valence-electron chi connectivity index (χ3n) is 8.15. The Morgan fingerprint density at radius 1 is 1.00 bits per heavy atom. The van der Waals surface area contributed by atoms with Gasteiger partial charge in [0.25, 0.3) is 0 Å². The summed E-state index contributed by atoms with van der Waals surface area (Å²) in [5, 5.41) is 4.27. The highest BCUT2D eigenvalue weighted by atomic mass is 19.1. The largest absolute Gasteiger partial charge is 0.490 e. The van der Waals surface area contributed by atoms with Crippen molar-refractivity contribution in [3.63, 3.8) is 0 Å². The van der Waals surface area contributed by atoms with E-state index in [0.717, 1.165) is 59.4 Å². The third kappa shape index (κ3) is 14.0. The highest BCUT2D eigenvalue weighted by Crippen LogP contribution is 2.28. The average Bonchev–Trinajstić information content (AvgIpc) is 3.52. The number of nitrogens with one attached hydrogen (secondary N) is 2. The third-order valence-corrected chi connectivity index (χ3v) is 8.15. The number of halogens is 1. The van der Waals surface area contributed by atoms with E-state index in [1.165, 1.54) is 0 Å². The van der Waals surface area contributed by atoms with E-state index in [-0.39, 0.29) is 35.6 Å². The second-order valence-electron chi connectivity index (χ2n) is 14.7. The second kappa shape index (κ2) is 20.1. The molecule has 0 fully saturated rings. The summed E-state index contributed by atoms with van der Waals surface area (Å²) >= 11 is 0. The molecule has 0 unspecified atom stereocenters. The van der Waals surface area contributed by atoms with Crippen LogP contribution < -0.4 is 32.9 Å². The molecule has 4 aromatic rings. The first-order valence-corrected chi connectivity index (χ1v) is 17.8. The van der Waals surface area contributed by atoms with Crippen molar-refractivity contribution >= 4 is 17.0 Å². The standard InChI is InChI=1S/C21H29N7O.C18H30FNO3/c1-21(2,3)17-11-15-13-28(20(29)27-18(15)26-17)16-7-5-14(6-8-16)12-24-9-4-10-25-19(22)23;1-18(2,3)15-9-14(5-6-22-8-7-21-4)10-17(11-15)23-13-16(19)12-20/h5-8,11,13,24H,4,9-10,12H2,1-3H3,(H4,22,23,25)(H,26,27,29);9-11,16H,5-8,12-13,20H2,1-4H3/t;16-/m.1/s1. The molecule has 0 amide bonds. The van der Waals surface area contributed by atoms with Crippen LogP contribution in [0.25, 0.3) is 16.7 Å². The number of ether oxygens (including phenoxy) is 3. The molecule has 4 rings (SSSR count). The van der Waals surface area contributed by atoms with Crippen LogP contribution in [0, 0.1) is 0 Å². The number of nitrogens with two attached hydrogens (primary N) is 3. The molecule has 2 heterocycles. The summed E-state index contributed by atoms with van der Waals surface area (Å²) in [6.45, 7) is 16.7. The van der Waals surface area contributed by atoms with Gasteiger partial charge in [-0.05, 0) is 71.8 Å². The van der Waals surface area contributed by atoms with Crippen LogP contribution in [0.2, 0.25) is 0 Å². The molecule has 0 saturated heterocycles. The number of hydrogen-bond donors (Lipinski definition) is 5. The summed E-state index contributed by atoms with van der Waals surface area (Å²) in [5.74, 6) is 0.804. The maximum absolute atomic E-state index is 13.3. The second-order valence-corrected chi connectivity index (χ2v) is 14.7. The van der Waals surface area contributed by atoms with Gasteiger partial charge in [-0.2, -0.15) is 4.98 Å². The van der Waals surface area contributed by atoms with E-state index < -0.39 is 6.17 Å². The smallest absolute Gasteiger partial charge is 0.354 e. The topological polar surface area (TPSA) is 181 Å². The van der Waals surface area contributed by atoms with Gasteiger partial charge in [0.2, 0.25) is 0 Å². The monoisotopic (exact) mass is 722 g/mol. The zero-order valence-corrected chi connectivity index (χ0v) is 31.9. The molecule has 52 heavy (non-hydrogen) atoms. The van der Waals surface area contributed by atoms with Gasteiger partial charge in [-0.3, -0.25) is 9.56 Å². The number of alkyl halides is 1. The molecule has 8 N–H and O–H groups in total. The molecule has 1 atom stereocenters. The van der Waals surface area contributed by atoms with Crippen LogP contribution in [0.4, 0.5) is 4.39 Å². The van der Waals surface area contributed by atoms with Crippen molar-refractivity contribution in [3.05, 3.63) is 87.6 Å². The van der Waals surface area contributed by atoms with Gasteiger partial charge in [-0.1, -0.05) is 59.7 Å². The molecular formula is C39H59FN8O4. The first kappa shape index (κ1) is 42.1. The van der Waals surface area contributed by atoms with Crippen molar-refractivity contribution in [1.82, 2.24) is 19.9 Å². The van der Waals surface area contributed by atoms with Crippen LogP contribution in [0.5, 0.6) is 5.75 Å². The Morgan fingerprint density at radius 3 is 2.37 bits per heavy atom. The Balaban J connectivity index is 0.000000289. The number of aliphatic imine (C=N–C) groups is 1. The molecule has 12 nitrogen and oxygen atoms in total. The SMILES string of the molecule is CC(C)(C)c1cc2cn(-c3ccc(CNCCCN=C(N)N)cc3)c(=O)nc2[nH]1.COCCOCCc1cc(OC[C@H](F)CN)cc(C(C)(C)C)c1. The number of guanidine groups is 1. The number of H-pyrrole nitrogens is 1. The predicted octanol–water partition coefficient (Wildman–Crippen LogP) is 4.63. The first-order chi connectivity index (χ1) is 24.6. The summed E-state index contributed by atoms with van der Waals surface area (Å²) < 4.78 is 30.9. The van der Waals surface area contributed by atoms with Crippen molar-refractivity contribution in [3.8, 4) is 11.4 Å². The first-order valence-electron chi connectivity index (χ1n) is 17.8. The van der Waals surface area contributed by atoms with Gasteiger partial charge in [-0.15, -0.1) is 0 Å².